The van der Waals surface area contributed by atoms with Gasteiger partial charge in [-0.05, 0) is 30.7 Å². The fourth-order valence-corrected chi connectivity index (χ4v) is 1.43. The molecular formula is C14H15F2NO2. The van der Waals surface area contributed by atoms with Gasteiger partial charge in [0.15, 0.2) is 0 Å². The number of alkyl halides is 2. The number of nitrogens with one attached hydrogen (secondary N) is 1. The van der Waals surface area contributed by atoms with Crippen molar-refractivity contribution < 1.29 is 18.7 Å². The van der Waals surface area contributed by atoms with Gasteiger partial charge in [-0.25, -0.2) is 8.78 Å². The predicted octanol–water partition coefficient (Wildman–Crippen LogP) is 1.72. The zero-order valence-electron chi connectivity index (χ0n) is 10.5. The smallest absolute Gasteiger partial charge is 0.255 e. The highest BCUT2D eigenvalue weighted by Crippen LogP contribution is 2.10. The molecule has 0 aromatic heterocycles. The summed E-state index contributed by atoms with van der Waals surface area (Å²) in [6.07, 6.45) is -2.18. The van der Waals surface area contributed by atoms with Crippen LogP contribution in [-0.2, 0) is 0 Å². The first-order valence-electron chi connectivity index (χ1n) is 5.81. The van der Waals surface area contributed by atoms with Gasteiger partial charge in [0, 0.05) is 17.5 Å². The molecule has 19 heavy (non-hydrogen) atoms. The summed E-state index contributed by atoms with van der Waals surface area (Å²) in [7, 11) is 0. The second-order valence-corrected chi connectivity index (χ2v) is 3.91. The Morgan fingerprint density at radius 1 is 1.47 bits per heavy atom. The van der Waals surface area contributed by atoms with Crippen molar-refractivity contribution in [3.63, 3.8) is 0 Å². The average Bonchev–Trinajstić information content (AvgIpc) is 2.38. The fraction of sp³-hybridized carbons (Fsp3) is 0.357. The highest BCUT2D eigenvalue weighted by molar-refractivity contribution is 5.94. The van der Waals surface area contributed by atoms with E-state index >= 15 is 0 Å². The van der Waals surface area contributed by atoms with Gasteiger partial charge in [0.1, 0.15) is 0 Å². The third kappa shape index (κ3) is 5.06. The number of aliphatic hydroxyl groups excluding tert-OH is 1. The molecule has 0 heterocycles. The molecule has 0 aliphatic heterocycles. The van der Waals surface area contributed by atoms with Crippen molar-refractivity contribution >= 4 is 5.91 Å². The standard InChI is InChI=1S/C14H15F2NO2/c1-10-8-12(14(19)17-9-13(15)16)6-5-11(10)4-2-3-7-18/h5-6,8,13,18H,3,7,9H2,1H3,(H,17,19). The van der Waals surface area contributed by atoms with Gasteiger partial charge in [0.05, 0.1) is 13.2 Å². The van der Waals surface area contributed by atoms with Crippen molar-refractivity contribution in [2.24, 2.45) is 0 Å². The molecule has 0 saturated heterocycles. The van der Waals surface area contributed by atoms with Crippen LogP contribution in [0.2, 0.25) is 0 Å². The maximum absolute atomic E-state index is 12.0. The van der Waals surface area contributed by atoms with Gasteiger partial charge in [-0.3, -0.25) is 4.79 Å². The third-order valence-electron chi connectivity index (χ3n) is 2.37. The molecule has 0 atom stereocenters. The van der Waals surface area contributed by atoms with Crippen LogP contribution in [0.25, 0.3) is 0 Å². The monoisotopic (exact) mass is 267 g/mol. The van der Waals surface area contributed by atoms with Gasteiger partial charge in [-0.2, -0.15) is 0 Å². The Balaban J connectivity index is 2.77. The van der Waals surface area contributed by atoms with Crippen LogP contribution in [0.4, 0.5) is 8.78 Å². The number of aliphatic hydroxyl groups is 1. The van der Waals surface area contributed by atoms with Gasteiger partial charge in [-0.15, -0.1) is 0 Å². The number of amides is 1. The lowest BCUT2D eigenvalue weighted by Crippen LogP contribution is -2.28. The number of aryl methyl sites for hydroxylation is 1. The maximum Gasteiger partial charge on any atom is 0.255 e. The summed E-state index contributed by atoms with van der Waals surface area (Å²) in [4.78, 5) is 11.6. The second kappa shape index (κ2) is 7.49. The lowest BCUT2D eigenvalue weighted by molar-refractivity contribution is 0.0891. The minimum atomic E-state index is -2.56. The molecule has 0 spiro atoms. The highest BCUT2D eigenvalue weighted by Gasteiger charge is 2.09. The fourth-order valence-electron chi connectivity index (χ4n) is 1.43. The van der Waals surface area contributed by atoms with Crippen LogP contribution >= 0.6 is 0 Å². The van der Waals surface area contributed by atoms with Crippen molar-refractivity contribution in [1.29, 1.82) is 0 Å². The molecule has 1 aromatic carbocycles. The summed E-state index contributed by atoms with van der Waals surface area (Å²) >= 11 is 0. The topological polar surface area (TPSA) is 49.3 Å². The van der Waals surface area contributed by atoms with E-state index in [0.717, 1.165) is 11.1 Å². The number of benzene rings is 1. The van der Waals surface area contributed by atoms with Crippen molar-refractivity contribution in [3.05, 3.63) is 34.9 Å². The molecule has 102 valence electrons. The Morgan fingerprint density at radius 3 is 2.79 bits per heavy atom. The Bertz CT molecular complexity index is 504. The lowest BCUT2D eigenvalue weighted by atomic mass is 10.0. The van der Waals surface area contributed by atoms with Crippen LogP contribution in [0.15, 0.2) is 18.2 Å². The summed E-state index contributed by atoms with van der Waals surface area (Å²) in [6.45, 7) is 1.13. The van der Waals surface area contributed by atoms with Gasteiger partial charge in [-0.1, -0.05) is 11.8 Å². The quantitative estimate of drug-likeness (QED) is 0.816. The SMILES string of the molecule is Cc1cc(C(=O)NCC(F)F)ccc1C#CCCO. The molecule has 3 nitrogen and oxygen atoms in total. The Labute approximate surface area is 110 Å². The summed E-state index contributed by atoms with van der Waals surface area (Å²) in [6, 6.07) is 4.80. The predicted molar refractivity (Wildman–Crippen MR) is 68.1 cm³/mol. The van der Waals surface area contributed by atoms with Crippen molar-refractivity contribution in [2.45, 2.75) is 19.8 Å². The Morgan fingerprint density at radius 2 is 2.21 bits per heavy atom. The van der Waals surface area contributed by atoms with E-state index in [2.05, 4.69) is 17.2 Å². The van der Waals surface area contributed by atoms with Crippen LogP contribution in [-0.4, -0.2) is 30.6 Å². The minimum absolute atomic E-state index is 0.000164. The number of carbonyl (C=O) groups is 1. The molecule has 1 rings (SSSR count). The number of hydrogen-bond donors (Lipinski definition) is 2. The van der Waals surface area contributed by atoms with E-state index in [1.54, 1.807) is 19.1 Å². The molecule has 1 aromatic rings. The second-order valence-electron chi connectivity index (χ2n) is 3.91. The van der Waals surface area contributed by atoms with Gasteiger partial charge in [0.2, 0.25) is 0 Å². The molecule has 0 fully saturated rings. The molecule has 1 amide bonds. The Kier molecular flexibility index (Phi) is 5.97. The van der Waals surface area contributed by atoms with E-state index in [9.17, 15) is 13.6 Å². The number of rotatable bonds is 4. The van der Waals surface area contributed by atoms with Crippen LogP contribution < -0.4 is 5.32 Å². The minimum Gasteiger partial charge on any atom is -0.395 e. The number of carbonyl (C=O) groups excluding carboxylic acids is 1. The first-order valence-corrected chi connectivity index (χ1v) is 5.81. The van der Waals surface area contributed by atoms with E-state index in [1.165, 1.54) is 6.07 Å². The highest BCUT2D eigenvalue weighted by atomic mass is 19.3. The average molecular weight is 267 g/mol. The summed E-state index contributed by atoms with van der Waals surface area (Å²) in [5.41, 5.74) is 1.86. The van der Waals surface area contributed by atoms with Crippen LogP contribution in [0, 0.1) is 18.8 Å². The molecule has 0 bridgehead atoms. The zero-order valence-corrected chi connectivity index (χ0v) is 10.5. The van der Waals surface area contributed by atoms with E-state index in [-0.39, 0.29) is 6.61 Å². The third-order valence-corrected chi connectivity index (χ3v) is 2.37. The first-order chi connectivity index (χ1) is 9.04. The van der Waals surface area contributed by atoms with Crippen molar-refractivity contribution in [2.75, 3.05) is 13.2 Å². The van der Waals surface area contributed by atoms with Crippen LogP contribution in [0.5, 0.6) is 0 Å². The molecule has 5 heteroatoms. The summed E-state index contributed by atoms with van der Waals surface area (Å²) in [5, 5.41) is 10.8. The molecule has 2 N–H and O–H groups in total. The van der Waals surface area contributed by atoms with Crippen LogP contribution in [0.1, 0.15) is 27.9 Å². The molecule has 0 aliphatic rings. The first kappa shape index (κ1) is 15.1. The van der Waals surface area contributed by atoms with Crippen LogP contribution in [0.3, 0.4) is 0 Å². The van der Waals surface area contributed by atoms with Gasteiger partial charge >= 0.3 is 0 Å². The summed E-state index contributed by atoms with van der Waals surface area (Å²) < 4.78 is 23.9. The molecule has 0 saturated carbocycles. The van der Waals surface area contributed by atoms with E-state index < -0.39 is 18.9 Å². The zero-order chi connectivity index (χ0) is 14.3. The maximum atomic E-state index is 12.0. The largest absolute Gasteiger partial charge is 0.395 e. The van der Waals surface area contributed by atoms with Gasteiger partial charge in [0.25, 0.3) is 12.3 Å². The van der Waals surface area contributed by atoms with Gasteiger partial charge < -0.3 is 10.4 Å². The van der Waals surface area contributed by atoms with Crippen molar-refractivity contribution in [1.82, 2.24) is 5.32 Å². The normalized spacial score (nSPS) is 9.95. The molecule has 0 aliphatic carbocycles. The molecular weight excluding hydrogens is 252 g/mol. The number of hydrogen-bond acceptors (Lipinski definition) is 2. The molecule has 0 radical (unpaired) electrons. The van der Waals surface area contributed by atoms with E-state index in [4.69, 9.17) is 5.11 Å². The lowest BCUT2D eigenvalue weighted by Gasteiger charge is -2.06. The van der Waals surface area contributed by atoms with E-state index in [0.29, 0.717) is 12.0 Å². The van der Waals surface area contributed by atoms with E-state index in [1.807, 2.05) is 0 Å². The number of halogens is 2. The molecule has 0 unspecified atom stereocenters. The van der Waals surface area contributed by atoms with Crippen molar-refractivity contribution in [3.8, 4) is 11.8 Å². The Hall–Kier alpha value is -1.93. The summed E-state index contributed by atoms with van der Waals surface area (Å²) in [5.74, 6) is 5.12.